The molecule has 0 radical (unpaired) electrons. The fraction of sp³-hybridized carbons (Fsp3) is 0.429. The van der Waals surface area contributed by atoms with Crippen LogP contribution in [-0.4, -0.2) is 50.3 Å². The number of ether oxygens (including phenoxy) is 1. The van der Waals surface area contributed by atoms with Crippen molar-refractivity contribution in [1.82, 2.24) is 15.6 Å². The van der Waals surface area contributed by atoms with Crippen LogP contribution in [0.15, 0.2) is 47.6 Å². The third kappa shape index (κ3) is 7.43. The summed E-state index contributed by atoms with van der Waals surface area (Å²) in [6.45, 7) is 6.65. The highest BCUT2D eigenvalue weighted by Crippen LogP contribution is 2.21. The molecule has 1 aliphatic heterocycles. The van der Waals surface area contributed by atoms with Crippen LogP contribution in [0.3, 0.4) is 0 Å². The van der Waals surface area contributed by atoms with Gasteiger partial charge < -0.3 is 20.3 Å². The summed E-state index contributed by atoms with van der Waals surface area (Å²) in [5.74, 6) is 0.513. The summed E-state index contributed by atoms with van der Waals surface area (Å²) < 4.78 is 19.9. The summed E-state index contributed by atoms with van der Waals surface area (Å²) in [6.07, 6.45) is 2.61. The van der Waals surface area contributed by atoms with Crippen LogP contribution in [0.5, 0.6) is 0 Å². The topological polar surface area (TPSA) is 61.8 Å². The molecule has 158 valence electrons. The maximum absolute atomic E-state index is 14.5. The lowest BCUT2D eigenvalue weighted by atomic mass is 10.1. The summed E-state index contributed by atoms with van der Waals surface area (Å²) in [5, 5.41) is 6.52. The normalized spacial score (nSPS) is 14.3. The maximum atomic E-state index is 14.5. The van der Waals surface area contributed by atoms with Crippen molar-refractivity contribution in [2.24, 2.45) is 4.99 Å². The smallest absolute Gasteiger partial charge is 0.191 e. The molecule has 1 saturated heterocycles. The van der Waals surface area contributed by atoms with Crippen molar-refractivity contribution >= 4 is 35.6 Å². The Hall–Kier alpha value is -1.94. The number of guanidine groups is 1. The number of pyridine rings is 1. The zero-order valence-corrected chi connectivity index (χ0v) is 19.1. The van der Waals surface area contributed by atoms with Crippen LogP contribution < -0.4 is 15.5 Å². The molecule has 0 bridgehead atoms. The van der Waals surface area contributed by atoms with Crippen molar-refractivity contribution in [2.45, 2.75) is 19.9 Å². The number of morpholine rings is 1. The Balaban J connectivity index is 0.00000300. The molecule has 3 rings (SSSR count). The van der Waals surface area contributed by atoms with E-state index in [1.165, 1.54) is 0 Å². The predicted octanol–water partition coefficient (Wildman–Crippen LogP) is 2.97. The van der Waals surface area contributed by atoms with E-state index in [1.54, 1.807) is 12.3 Å². The lowest BCUT2D eigenvalue weighted by Crippen LogP contribution is -2.38. The van der Waals surface area contributed by atoms with Gasteiger partial charge in [0.15, 0.2) is 5.96 Å². The van der Waals surface area contributed by atoms with Gasteiger partial charge in [0.1, 0.15) is 5.82 Å². The average Bonchev–Trinajstić information content (AvgIpc) is 2.73. The van der Waals surface area contributed by atoms with E-state index in [0.717, 1.165) is 49.8 Å². The number of rotatable bonds is 7. The summed E-state index contributed by atoms with van der Waals surface area (Å²) in [4.78, 5) is 10.9. The Morgan fingerprint density at radius 2 is 2.03 bits per heavy atom. The maximum Gasteiger partial charge on any atom is 0.191 e. The molecule has 0 unspecified atom stereocenters. The van der Waals surface area contributed by atoms with E-state index in [9.17, 15) is 4.39 Å². The summed E-state index contributed by atoms with van der Waals surface area (Å²) >= 11 is 0. The molecule has 2 N–H and O–H groups in total. The van der Waals surface area contributed by atoms with E-state index in [-0.39, 0.29) is 29.8 Å². The zero-order valence-electron chi connectivity index (χ0n) is 16.7. The van der Waals surface area contributed by atoms with Gasteiger partial charge in [0.2, 0.25) is 0 Å². The third-order valence-corrected chi connectivity index (χ3v) is 4.53. The highest BCUT2D eigenvalue weighted by atomic mass is 127. The predicted molar refractivity (Wildman–Crippen MR) is 126 cm³/mol. The van der Waals surface area contributed by atoms with Crippen LogP contribution in [0.4, 0.5) is 10.1 Å². The summed E-state index contributed by atoms with van der Waals surface area (Å²) in [6, 6.07) is 11.3. The van der Waals surface area contributed by atoms with Gasteiger partial charge in [-0.15, -0.1) is 24.0 Å². The van der Waals surface area contributed by atoms with Crippen LogP contribution >= 0.6 is 24.0 Å². The summed E-state index contributed by atoms with van der Waals surface area (Å²) in [7, 11) is 0. The minimum atomic E-state index is -0.206. The van der Waals surface area contributed by atoms with Crippen LogP contribution in [0.1, 0.15) is 18.2 Å². The van der Waals surface area contributed by atoms with E-state index in [1.807, 2.05) is 42.2 Å². The van der Waals surface area contributed by atoms with Crippen LogP contribution in [0.25, 0.3) is 0 Å². The van der Waals surface area contributed by atoms with Crippen LogP contribution in [0.2, 0.25) is 0 Å². The van der Waals surface area contributed by atoms with Gasteiger partial charge in [-0.1, -0.05) is 12.1 Å². The van der Waals surface area contributed by atoms with Crippen LogP contribution in [-0.2, 0) is 17.7 Å². The van der Waals surface area contributed by atoms with Gasteiger partial charge in [-0.3, -0.25) is 4.98 Å². The third-order valence-electron chi connectivity index (χ3n) is 4.53. The average molecular weight is 513 g/mol. The highest BCUT2D eigenvalue weighted by molar-refractivity contribution is 14.0. The van der Waals surface area contributed by atoms with E-state index < -0.39 is 0 Å². The fourth-order valence-corrected chi connectivity index (χ4v) is 3.08. The number of nitrogens with zero attached hydrogens (tertiary/aromatic N) is 3. The molecule has 2 aromatic rings. The number of halogens is 2. The molecule has 0 amide bonds. The van der Waals surface area contributed by atoms with E-state index in [2.05, 4.69) is 20.6 Å². The van der Waals surface area contributed by atoms with Crippen molar-refractivity contribution in [3.05, 3.63) is 59.7 Å². The largest absolute Gasteiger partial charge is 0.378 e. The Kier molecular flexibility index (Phi) is 10.1. The van der Waals surface area contributed by atoms with Crippen molar-refractivity contribution < 1.29 is 9.13 Å². The first kappa shape index (κ1) is 23.3. The summed E-state index contributed by atoms with van der Waals surface area (Å²) in [5.41, 5.74) is 2.51. The van der Waals surface area contributed by atoms with E-state index >= 15 is 0 Å². The number of anilines is 1. The molecule has 1 aliphatic rings. The zero-order chi connectivity index (χ0) is 19.6. The number of aliphatic imine (C=N–C) groups is 1. The quantitative estimate of drug-likeness (QED) is 0.339. The van der Waals surface area contributed by atoms with Crippen LogP contribution in [0, 0.1) is 5.82 Å². The Bertz CT molecular complexity index is 769. The number of aromatic nitrogens is 1. The van der Waals surface area contributed by atoms with Gasteiger partial charge in [-0.25, -0.2) is 9.38 Å². The molecular weight excluding hydrogens is 484 g/mol. The highest BCUT2D eigenvalue weighted by Gasteiger charge is 2.15. The lowest BCUT2D eigenvalue weighted by Gasteiger charge is -2.29. The van der Waals surface area contributed by atoms with Crippen molar-refractivity contribution in [2.75, 3.05) is 44.3 Å². The van der Waals surface area contributed by atoms with Gasteiger partial charge in [-0.2, -0.15) is 0 Å². The van der Waals surface area contributed by atoms with Crippen molar-refractivity contribution in [3.8, 4) is 0 Å². The standard InChI is InChI=1S/C21H28FN5O.HI/c1-2-23-21(25-10-8-18-5-3-4-9-24-18)26-16-17-6-7-20(19(22)15-17)27-11-13-28-14-12-27;/h3-7,9,15H,2,8,10-14,16H2,1H3,(H2,23,25,26);1H. The Labute approximate surface area is 189 Å². The molecule has 0 aliphatic carbocycles. The Morgan fingerprint density at radius 3 is 2.72 bits per heavy atom. The van der Waals surface area contributed by atoms with E-state index in [4.69, 9.17) is 4.74 Å². The first-order chi connectivity index (χ1) is 13.8. The fourth-order valence-electron chi connectivity index (χ4n) is 3.08. The monoisotopic (exact) mass is 513 g/mol. The Morgan fingerprint density at radius 1 is 1.21 bits per heavy atom. The second kappa shape index (κ2) is 12.6. The number of benzene rings is 1. The molecule has 0 atom stereocenters. The molecule has 1 fully saturated rings. The first-order valence-electron chi connectivity index (χ1n) is 9.79. The van der Waals surface area contributed by atoms with Gasteiger partial charge in [-0.05, 0) is 36.8 Å². The number of hydrogen-bond donors (Lipinski definition) is 2. The molecule has 29 heavy (non-hydrogen) atoms. The molecule has 2 heterocycles. The van der Waals surface area contributed by atoms with E-state index in [0.29, 0.717) is 25.4 Å². The minimum Gasteiger partial charge on any atom is -0.378 e. The molecular formula is C21H29FIN5O. The van der Waals surface area contributed by atoms with Crippen molar-refractivity contribution in [1.29, 1.82) is 0 Å². The lowest BCUT2D eigenvalue weighted by molar-refractivity contribution is 0.122. The van der Waals surface area contributed by atoms with Gasteiger partial charge in [0, 0.05) is 44.5 Å². The molecule has 1 aromatic carbocycles. The molecule has 0 saturated carbocycles. The SMILES string of the molecule is CCNC(=NCc1ccc(N2CCOCC2)c(F)c1)NCCc1ccccn1.I. The second-order valence-electron chi connectivity index (χ2n) is 6.58. The molecule has 8 heteroatoms. The van der Waals surface area contributed by atoms with Gasteiger partial charge >= 0.3 is 0 Å². The molecule has 1 aromatic heterocycles. The first-order valence-corrected chi connectivity index (χ1v) is 9.79. The molecule has 6 nitrogen and oxygen atoms in total. The van der Waals surface area contributed by atoms with Gasteiger partial charge in [0.25, 0.3) is 0 Å². The number of nitrogens with one attached hydrogen (secondary N) is 2. The second-order valence-corrected chi connectivity index (χ2v) is 6.58. The molecule has 0 spiro atoms. The van der Waals surface area contributed by atoms with Gasteiger partial charge in [0.05, 0.1) is 25.4 Å². The van der Waals surface area contributed by atoms with Crippen molar-refractivity contribution in [3.63, 3.8) is 0 Å². The number of hydrogen-bond acceptors (Lipinski definition) is 4. The minimum absolute atomic E-state index is 0.